The molecule has 0 saturated heterocycles. The largest absolute Gasteiger partial charge is 0.306 e. The molecule has 100 valence electrons. The minimum Gasteiger partial charge on any atom is -0.306 e. The Bertz CT molecular complexity index is 568. The Balaban J connectivity index is 2.00. The number of benzene rings is 2. The van der Waals surface area contributed by atoms with E-state index < -0.39 is 0 Å². The van der Waals surface area contributed by atoms with Gasteiger partial charge in [-0.05, 0) is 48.7 Å². The second kappa shape index (κ2) is 6.31. The zero-order chi connectivity index (χ0) is 13.8. The predicted octanol–water partition coefficient (Wildman–Crippen LogP) is 4.75. The highest BCUT2D eigenvalue weighted by Gasteiger charge is 2.06. The SMILES string of the molecule is Cc1ccc(CN[C@@H](C)c2cccc(Br)c2)cc1F. The third-order valence-electron chi connectivity index (χ3n) is 3.20. The normalized spacial score (nSPS) is 12.4. The van der Waals surface area contributed by atoms with Gasteiger partial charge in [-0.3, -0.25) is 0 Å². The van der Waals surface area contributed by atoms with Crippen LogP contribution in [-0.4, -0.2) is 0 Å². The Morgan fingerprint density at radius 1 is 1.21 bits per heavy atom. The van der Waals surface area contributed by atoms with Gasteiger partial charge in [0.25, 0.3) is 0 Å². The first-order valence-corrected chi connectivity index (χ1v) is 7.09. The van der Waals surface area contributed by atoms with Gasteiger partial charge in [0.2, 0.25) is 0 Å². The van der Waals surface area contributed by atoms with Crippen LogP contribution in [0.5, 0.6) is 0 Å². The maximum Gasteiger partial charge on any atom is 0.126 e. The van der Waals surface area contributed by atoms with E-state index in [2.05, 4.69) is 40.3 Å². The summed E-state index contributed by atoms with van der Waals surface area (Å²) in [6.07, 6.45) is 0. The van der Waals surface area contributed by atoms with E-state index >= 15 is 0 Å². The molecule has 0 unspecified atom stereocenters. The molecule has 0 aliphatic carbocycles. The first-order chi connectivity index (χ1) is 9.06. The molecule has 0 amide bonds. The van der Waals surface area contributed by atoms with Crippen LogP contribution in [0, 0.1) is 12.7 Å². The van der Waals surface area contributed by atoms with Gasteiger partial charge in [0.1, 0.15) is 5.82 Å². The van der Waals surface area contributed by atoms with E-state index in [0.29, 0.717) is 12.1 Å². The van der Waals surface area contributed by atoms with Crippen LogP contribution in [0.1, 0.15) is 29.7 Å². The minimum absolute atomic E-state index is 0.144. The van der Waals surface area contributed by atoms with Crippen molar-refractivity contribution in [3.05, 3.63) is 69.4 Å². The molecule has 3 heteroatoms. The first-order valence-electron chi connectivity index (χ1n) is 6.30. The van der Waals surface area contributed by atoms with E-state index in [0.717, 1.165) is 10.0 Å². The van der Waals surface area contributed by atoms with Gasteiger partial charge in [-0.15, -0.1) is 0 Å². The molecule has 0 spiro atoms. The Kier molecular flexibility index (Phi) is 4.72. The highest BCUT2D eigenvalue weighted by molar-refractivity contribution is 9.10. The molecule has 0 aliphatic rings. The molecule has 2 aromatic rings. The van der Waals surface area contributed by atoms with Crippen LogP contribution >= 0.6 is 15.9 Å². The van der Waals surface area contributed by atoms with Crippen LogP contribution in [0.25, 0.3) is 0 Å². The van der Waals surface area contributed by atoms with Crippen LogP contribution in [0.15, 0.2) is 46.9 Å². The van der Waals surface area contributed by atoms with E-state index in [-0.39, 0.29) is 11.9 Å². The summed E-state index contributed by atoms with van der Waals surface area (Å²) < 4.78 is 14.5. The molecule has 2 rings (SSSR count). The van der Waals surface area contributed by atoms with Gasteiger partial charge in [0, 0.05) is 17.1 Å². The highest BCUT2D eigenvalue weighted by Crippen LogP contribution is 2.18. The van der Waals surface area contributed by atoms with E-state index in [1.54, 1.807) is 13.0 Å². The van der Waals surface area contributed by atoms with Crippen molar-refractivity contribution in [1.29, 1.82) is 0 Å². The molecule has 0 aromatic heterocycles. The number of hydrogen-bond acceptors (Lipinski definition) is 1. The number of aryl methyl sites for hydroxylation is 1. The molecule has 0 radical (unpaired) electrons. The molecule has 0 saturated carbocycles. The third-order valence-corrected chi connectivity index (χ3v) is 3.69. The van der Waals surface area contributed by atoms with Crippen LogP contribution < -0.4 is 5.32 Å². The topological polar surface area (TPSA) is 12.0 Å². The van der Waals surface area contributed by atoms with Crippen molar-refractivity contribution < 1.29 is 4.39 Å². The number of hydrogen-bond donors (Lipinski definition) is 1. The Hall–Kier alpha value is -1.19. The Morgan fingerprint density at radius 2 is 2.00 bits per heavy atom. The van der Waals surface area contributed by atoms with Gasteiger partial charge in [0.05, 0.1) is 0 Å². The summed E-state index contributed by atoms with van der Waals surface area (Å²) in [5.74, 6) is -0.144. The fourth-order valence-electron chi connectivity index (χ4n) is 1.91. The van der Waals surface area contributed by atoms with Crippen molar-refractivity contribution in [2.45, 2.75) is 26.4 Å². The molecule has 0 heterocycles. The summed E-state index contributed by atoms with van der Waals surface area (Å²) in [5, 5.41) is 3.40. The molecule has 0 bridgehead atoms. The van der Waals surface area contributed by atoms with E-state index in [1.807, 2.05) is 24.3 Å². The van der Waals surface area contributed by atoms with Gasteiger partial charge in [0.15, 0.2) is 0 Å². The summed E-state index contributed by atoms with van der Waals surface area (Å²) in [4.78, 5) is 0. The molecular weight excluding hydrogens is 305 g/mol. The van der Waals surface area contributed by atoms with Crippen molar-refractivity contribution in [3.63, 3.8) is 0 Å². The maximum atomic E-state index is 13.4. The lowest BCUT2D eigenvalue weighted by atomic mass is 10.1. The van der Waals surface area contributed by atoms with Crippen LogP contribution in [0.4, 0.5) is 4.39 Å². The average molecular weight is 322 g/mol. The Morgan fingerprint density at radius 3 is 2.68 bits per heavy atom. The summed E-state index contributed by atoms with van der Waals surface area (Å²) in [6.45, 7) is 4.54. The van der Waals surface area contributed by atoms with Gasteiger partial charge >= 0.3 is 0 Å². The number of halogens is 2. The maximum absolute atomic E-state index is 13.4. The number of rotatable bonds is 4. The summed E-state index contributed by atoms with van der Waals surface area (Å²) >= 11 is 3.47. The average Bonchev–Trinajstić information content (AvgIpc) is 2.40. The standard InChI is InChI=1S/C16H17BrFN/c1-11-6-7-13(8-16(11)18)10-19-12(2)14-4-3-5-15(17)9-14/h3-9,12,19H,10H2,1-2H3/t12-/m0/s1. The molecule has 2 aromatic carbocycles. The fourth-order valence-corrected chi connectivity index (χ4v) is 2.33. The first kappa shape index (κ1) is 14.2. The van der Waals surface area contributed by atoms with E-state index in [9.17, 15) is 4.39 Å². The summed E-state index contributed by atoms with van der Waals surface area (Å²) in [5.41, 5.74) is 2.86. The minimum atomic E-state index is -0.144. The molecule has 19 heavy (non-hydrogen) atoms. The van der Waals surface area contributed by atoms with E-state index in [4.69, 9.17) is 0 Å². The van der Waals surface area contributed by atoms with Crippen molar-refractivity contribution in [2.24, 2.45) is 0 Å². The monoisotopic (exact) mass is 321 g/mol. The second-order valence-corrected chi connectivity index (χ2v) is 5.66. The molecule has 1 N–H and O–H groups in total. The summed E-state index contributed by atoms with van der Waals surface area (Å²) in [7, 11) is 0. The van der Waals surface area contributed by atoms with Gasteiger partial charge in [-0.25, -0.2) is 4.39 Å². The van der Waals surface area contributed by atoms with Crippen LogP contribution in [0.2, 0.25) is 0 Å². The van der Waals surface area contributed by atoms with Crippen molar-refractivity contribution in [3.8, 4) is 0 Å². The quantitative estimate of drug-likeness (QED) is 0.857. The van der Waals surface area contributed by atoms with Crippen molar-refractivity contribution in [1.82, 2.24) is 5.32 Å². The van der Waals surface area contributed by atoms with E-state index in [1.165, 1.54) is 5.56 Å². The van der Waals surface area contributed by atoms with Gasteiger partial charge < -0.3 is 5.32 Å². The third kappa shape index (κ3) is 3.88. The van der Waals surface area contributed by atoms with Crippen LogP contribution in [-0.2, 0) is 6.54 Å². The highest BCUT2D eigenvalue weighted by atomic mass is 79.9. The smallest absolute Gasteiger partial charge is 0.126 e. The van der Waals surface area contributed by atoms with Gasteiger partial charge in [-0.2, -0.15) is 0 Å². The second-order valence-electron chi connectivity index (χ2n) is 4.74. The molecular formula is C16H17BrFN. The molecule has 0 fully saturated rings. The lowest BCUT2D eigenvalue weighted by molar-refractivity contribution is 0.568. The zero-order valence-electron chi connectivity index (χ0n) is 11.1. The van der Waals surface area contributed by atoms with Crippen molar-refractivity contribution >= 4 is 15.9 Å². The predicted molar refractivity (Wildman–Crippen MR) is 80.5 cm³/mol. The van der Waals surface area contributed by atoms with Gasteiger partial charge in [-0.1, -0.05) is 40.2 Å². The lowest BCUT2D eigenvalue weighted by Gasteiger charge is -2.15. The zero-order valence-corrected chi connectivity index (χ0v) is 12.7. The fraction of sp³-hybridized carbons (Fsp3) is 0.250. The molecule has 1 atom stereocenters. The lowest BCUT2D eigenvalue weighted by Crippen LogP contribution is -2.18. The molecule has 1 nitrogen and oxygen atoms in total. The Labute approximate surface area is 122 Å². The molecule has 0 aliphatic heterocycles. The summed E-state index contributed by atoms with van der Waals surface area (Å²) in [6, 6.07) is 13.8. The van der Waals surface area contributed by atoms with Crippen LogP contribution in [0.3, 0.4) is 0 Å². The van der Waals surface area contributed by atoms with Crippen molar-refractivity contribution in [2.75, 3.05) is 0 Å². The number of nitrogens with one attached hydrogen (secondary N) is 1.